The second-order valence-corrected chi connectivity index (χ2v) is 13.9. The Labute approximate surface area is 269 Å². The molecule has 45 heavy (non-hydrogen) atoms. The van der Waals surface area contributed by atoms with E-state index < -0.39 is 17.7 Å². The van der Waals surface area contributed by atoms with Gasteiger partial charge in [-0.1, -0.05) is 104 Å². The number of aromatic nitrogens is 2. The van der Waals surface area contributed by atoms with E-state index in [9.17, 15) is 14.7 Å². The Balaban J connectivity index is 1.26. The van der Waals surface area contributed by atoms with E-state index in [-0.39, 0.29) is 17.4 Å². The molecule has 2 aliphatic rings. The number of benzene rings is 4. The number of fused-ring (bicyclic) bond motifs is 2. The van der Waals surface area contributed by atoms with Crippen molar-refractivity contribution in [2.45, 2.75) is 55.3 Å². The lowest BCUT2D eigenvalue weighted by atomic mass is 9.93. The predicted molar refractivity (Wildman–Crippen MR) is 179 cm³/mol. The zero-order valence-electron chi connectivity index (χ0n) is 25.1. The average molecular weight is 634 g/mol. The monoisotopic (exact) mass is 633 g/mol. The van der Waals surface area contributed by atoms with E-state index in [0.29, 0.717) is 38.7 Å². The Morgan fingerprint density at radius 2 is 1.80 bits per heavy atom. The van der Waals surface area contributed by atoms with Gasteiger partial charge in [-0.25, -0.2) is 0 Å². The van der Waals surface area contributed by atoms with E-state index in [2.05, 4.69) is 48.3 Å². The molecule has 0 bridgehead atoms. The summed E-state index contributed by atoms with van der Waals surface area (Å²) in [6.07, 6.45) is 0.738. The summed E-state index contributed by atoms with van der Waals surface area (Å²) in [5, 5.41) is 23.1. The first-order chi connectivity index (χ1) is 21.8. The fourth-order valence-electron chi connectivity index (χ4n) is 6.05. The van der Waals surface area contributed by atoms with Crippen molar-refractivity contribution in [1.82, 2.24) is 10.2 Å². The third kappa shape index (κ3) is 5.40. The molecule has 3 heterocycles. The van der Waals surface area contributed by atoms with E-state index in [0.717, 1.165) is 16.9 Å². The van der Waals surface area contributed by atoms with Crippen molar-refractivity contribution >= 4 is 56.5 Å². The van der Waals surface area contributed by atoms with Gasteiger partial charge in [0.2, 0.25) is 5.13 Å². The van der Waals surface area contributed by atoms with Crippen LogP contribution in [0.2, 0.25) is 0 Å². The minimum Gasteiger partial charge on any atom is -0.507 e. The maximum atomic E-state index is 13.7. The molecule has 4 aromatic carbocycles. The number of thioether (sulfide) groups is 1. The highest BCUT2D eigenvalue weighted by molar-refractivity contribution is 8.00. The number of amides is 1. The number of ketones is 1. The van der Waals surface area contributed by atoms with E-state index in [1.54, 1.807) is 12.1 Å². The van der Waals surface area contributed by atoms with Gasteiger partial charge < -0.3 is 9.84 Å². The van der Waals surface area contributed by atoms with Crippen LogP contribution in [0.4, 0.5) is 5.13 Å². The first-order valence-electron chi connectivity index (χ1n) is 14.9. The van der Waals surface area contributed by atoms with Crippen LogP contribution in [0.5, 0.6) is 5.75 Å². The molecular formula is C36H31N3O4S2. The van der Waals surface area contributed by atoms with Crippen LogP contribution in [0.1, 0.15) is 60.5 Å². The normalized spacial score (nSPS) is 19.0. The first kappa shape index (κ1) is 29.3. The topological polar surface area (TPSA) is 92.6 Å². The molecular weight excluding hydrogens is 603 g/mol. The highest BCUT2D eigenvalue weighted by atomic mass is 32.2. The Morgan fingerprint density at radius 1 is 1.02 bits per heavy atom. The molecule has 1 amide bonds. The van der Waals surface area contributed by atoms with Crippen molar-refractivity contribution in [3.05, 3.63) is 118 Å². The van der Waals surface area contributed by atoms with Gasteiger partial charge in [0.15, 0.2) is 4.34 Å². The molecule has 7 nitrogen and oxygen atoms in total. The third-order valence-electron chi connectivity index (χ3n) is 8.37. The first-order valence-corrected chi connectivity index (χ1v) is 16.7. The number of rotatable bonds is 7. The van der Waals surface area contributed by atoms with E-state index >= 15 is 0 Å². The quantitative estimate of drug-likeness (QED) is 0.0637. The third-order valence-corrected chi connectivity index (χ3v) is 10.5. The maximum Gasteiger partial charge on any atom is 0.301 e. The van der Waals surface area contributed by atoms with Crippen LogP contribution in [0, 0.1) is 0 Å². The van der Waals surface area contributed by atoms with Crippen molar-refractivity contribution in [3.63, 3.8) is 0 Å². The van der Waals surface area contributed by atoms with Crippen LogP contribution in [0.3, 0.4) is 0 Å². The number of hydrogen-bond acceptors (Lipinski definition) is 8. The summed E-state index contributed by atoms with van der Waals surface area (Å²) in [6, 6.07) is 26.8. The van der Waals surface area contributed by atoms with Crippen molar-refractivity contribution in [3.8, 4) is 5.75 Å². The molecule has 2 aliphatic heterocycles. The molecule has 0 radical (unpaired) electrons. The zero-order valence-corrected chi connectivity index (χ0v) is 26.7. The van der Waals surface area contributed by atoms with Crippen LogP contribution >= 0.6 is 23.1 Å². The number of Topliss-reactive ketones (excluding diaryl/α,β-unsaturated/α-hetero) is 1. The molecule has 0 aliphatic carbocycles. The van der Waals surface area contributed by atoms with Gasteiger partial charge in [0.05, 0.1) is 11.6 Å². The Morgan fingerprint density at radius 3 is 2.60 bits per heavy atom. The molecule has 0 saturated carbocycles. The Kier molecular flexibility index (Phi) is 7.67. The fourth-order valence-corrected chi connectivity index (χ4v) is 7.92. The lowest BCUT2D eigenvalue weighted by Crippen LogP contribution is -2.29. The van der Waals surface area contributed by atoms with Crippen LogP contribution in [-0.2, 0) is 21.8 Å². The number of ether oxygens (including phenoxy) is 1. The van der Waals surface area contributed by atoms with Crippen molar-refractivity contribution in [2.75, 3.05) is 4.90 Å². The average Bonchev–Trinajstić information content (AvgIpc) is 3.74. The predicted octanol–water partition coefficient (Wildman–Crippen LogP) is 8.06. The largest absolute Gasteiger partial charge is 0.507 e. The van der Waals surface area contributed by atoms with Crippen molar-refractivity contribution in [2.24, 2.45) is 0 Å². The molecule has 5 aromatic rings. The smallest absolute Gasteiger partial charge is 0.301 e. The van der Waals surface area contributed by atoms with Crippen LogP contribution < -0.4 is 9.64 Å². The number of nitrogens with zero attached hydrogens (tertiary/aromatic N) is 3. The Bertz CT molecular complexity index is 1980. The molecule has 2 atom stereocenters. The van der Waals surface area contributed by atoms with Crippen LogP contribution in [-0.4, -0.2) is 33.1 Å². The fraction of sp³-hybridized carbons (Fsp3) is 0.222. The van der Waals surface area contributed by atoms with E-state index in [1.165, 1.54) is 44.3 Å². The lowest BCUT2D eigenvalue weighted by molar-refractivity contribution is -0.132. The number of carbonyl (C=O) groups is 2. The van der Waals surface area contributed by atoms with Gasteiger partial charge in [0.25, 0.3) is 5.78 Å². The second-order valence-electron chi connectivity index (χ2n) is 11.7. The minimum absolute atomic E-state index is 0.0318. The van der Waals surface area contributed by atoms with Gasteiger partial charge in [-0.3, -0.25) is 14.5 Å². The molecule has 0 spiro atoms. The van der Waals surface area contributed by atoms with Gasteiger partial charge in [-0.2, -0.15) is 0 Å². The van der Waals surface area contributed by atoms with Gasteiger partial charge in [0.1, 0.15) is 17.6 Å². The summed E-state index contributed by atoms with van der Waals surface area (Å²) in [6.45, 7) is 6.21. The molecule has 0 unspecified atom stereocenters. The summed E-state index contributed by atoms with van der Waals surface area (Å²) in [5.41, 5.74) is 4.47. The van der Waals surface area contributed by atoms with Crippen molar-refractivity contribution < 1.29 is 19.4 Å². The number of anilines is 1. The Hall–Kier alpha value is -4.47. The highest BCUT2D eigenvalue weighted by Crippen LogP contribution is 2.45. The van der Waals surface area contributed by atoms with Gasteiger partial charge in [-0.15, -0.1) is 10.2 Å². The van der Waals surface area contributed by atoms with E-state index in [1.807, 2.05) is 55.5 Å². The number of carbonyl (C=O) groups excluding carboxylic acids is 2. The molecule has 1 aromatic heterocycles. The summed E-state index contributed by atoms with van der Waals surface area (Å²) in [7, 11) is 0. The summed E-state index contributed by atoms with van der Waals surface area (Å²) < 4.78 is 6.51. The molecule has 7 rings (SSSR count). The zero-order chi connectivity index (χ0) is 31.2. The standard InChI is InChI=1S/C36H31N3O4S2/c1-20(2)22-11-13-24(14-12-22)31-30(32(40)25-15-16-29-27(18-25)17-21(3)43-29)33(41)34(42)39(31)35-37-38-36(45-35)44-19-26-9-6-8-23-7-4-5-10-28(23)26/h4-16,18,20-21,31,40H,17,19H2,1-3H3/b32-30+/t21-,31-/m1/s1. The van der Waals surface area contributed by atoms with Gasteiger partial charge in [0, 0.05) is 17.7 Å². The number of hydrogen-bond donors (Lipinski definition) is 1. The highest BCUT2D eigenvalue weighted by Gasteiger charge is 2.48. The number of aliphatic hydroxyl groups excluding tert-OH is 1. The molecule has 226 valence electrons. The summed E-state index contributed by atoms with van der Waals surface area (Å²) in [4.78, 5) is 28.8. The second kappa shape index (κ2) is 11.8. The van der Waals surface area contributed by atoms with Crippen molar-refractivity contribution in [1.29, 1.82) is 0 Å². The summed E-state index contributed by atoms with van der Waals surface area (Å²) >= 11 is 2.80. The minimum atomic E-state index is -0.862. The SMILES string of the molecule is CC(C)c1ccc([C@@H]2/C(=C(\O)c3ccc4c(c3)C[C@@H](C)O4)C(=O)C(=O)N2c2nnc(SCc3cccc4ccccc34)s2)cc1. The van der Waals surface area contributed by atoms with Crippen LogP contribution in [0.25, 0.3) is 16.5 Å². The van der Waals surface area contributed by atoms with E-state index in [4.69, 9.17) is 4.74 Å². The molecule has 1 saturated heterocycles. The van der Waals surface area contributed by atoms with Gasteiger partial charge in [-0.05, 0) is 64.1 Å². The maximum absolute atomic E-state index is 13.7. The molecule has 1 N–H and O–H groups in total. The number of aliphatic hydroxyl groups is 1. The molecule has 1 fully saturated rings. The molecule has 9 heteroatoms. The van der Waals surface area contributed by atoms with Gasteiger partial charge >= 0.3 is 5.91 Å². The lowest BCUT2D eigenvalue weighted by Gasteiger charge is -2.23. The van der Waals surface area contributed by atoms with Crippen LogP contribution in [0.15, 0.2) is 94.8 Å². The summed E-state index contributed by atoms with van der Waals surface area (Å²) in [5.74, 6) is 0.0418.